The molecule has 0 saturated carbocycles. The highest BCUT2D eigenvalue weighted by Crippen LogP contribution is 2.37. The summed E-state index contributed by atoms with van der Waals surface area (Å²) in [6.45, 7) is 0. The number of hydrogen-bond donors (Lipinski definition) is 0. The molecule has 4 heteroatoms. The van der Waals surface area contributed by atoms with E-state index in [0.717, 1.165) is 22.1 Å². The first-order valence-corrected chi connectivity index (χ1v) is 6.82. The van der Waals surface area contributed by atoms with Crippen molar-refractivity contribution in [2.24, 2.45) is 0 Å². The van der Waals surface area contributed by atoms with Gasteiger partial charge in [-0.25, -0.2) is 0 Å². The minimum atomic E-state index is -0.698. The van der Waals surface area contributed by atoms with Gasteiger partial charge in [0.15, 0.2) is 0 Å². The SMILES string of the molecule is O=S1CCS[C@@H]1c1ccc(Cl)cc1. The molecule has 1 nitrogen and oxygen atoms in total. The van der Waals surface area contributed by atoms with Crippen LogP contribution in [0, 0.1) is 0 Å². The van der Waals surface area contributed by atoms with Crippen molar-refractivity contribution >= 4 is 34.2 Å². The average Bonchev–Trinajstić information content (AvgIpc) is 2.53. The van der Waals surface area contributed by atoms with Gasteiger partial charge in [-0.05, 0) is 17.7 Å². The lowest BCUT2D eigenvalue weighted by Crippen LogP contribution is -1.97. The standard InChI is InChI=1S/C9H9ClOS2/c10-8-3-1-7(2-4-8)9-12-5-6-13(9)11/h1-4,9H,5-6H2/t9-,13?/m0/s1. The van der Waals surface area contributed by atoms with Crippen molar-refractivity contribution in [1.29, 1.82) is 0 Å². The highest BCUT2D eigenvalue weighted by Gasteiger charge is 2.24. The Balaban J connectivity index is 2.25. The van der Waals surface area contributed by atoms with Crippen LogP contribution in [0.3, 0.4) is 0 Å². The first kappa shape index (κ1) is 9.56. The van der Waals surface area contributed by atoms with Crippen LogP contribution in [0.15, 0.2) is 24.3 Å². The largest absolute Gasteiger partial charge is 0.258 e. The summed E-state index contributed by atoms with van der Waals surface area (Å²) in [7, 11) is -0.698. The van der Waals surface area contributed by atoms with E-state index in [-0.39, 0.29) is 4.58 Å². The molecule has 1 aromatic carbocycles. The van der Waals surface area contributed by atoms with Gasteiger partial charge in [-0.2, -0.15) is 0 Å². The monoisotopic (exact) mass is 232 g/mol. The number of thioether (sulfide) groups is 1. The fraction of sp³-hybridized carbons (Fsp3) is 0.333. The Labute approximate surface area is 89.3 Å². The molecule has 0 spiro atoms. The molecule has 1 saturated heterocycles. The van der Waals surface area contributed by atoms with Crippen molar-refractivity contribution in [3.05, 3.63) is 34.9 Å². The molecule has 2 rings (SSSR count). The van der Waals surface area contributed by atoms with Gasteiger partial charge in [0.05, 0.1) is 0 Å². The zero-order valence-corrected chi connectivity index (χ0v) is 9.29. The quantitative estimate of drug-likeness (QED) is 0.741. The van der Waals surface area contributed by atoms with E-state index in [1.54, 1.807) is 11.8 Å². The first-order valence-electron chi connectivity index (χ1n) is 4.01. The second-order valence-electron chi connectivity index (χ2n) is 2.84. The van der Waals surface area contributed by atoms with Gasteiger partial charge in [-0.1, -0.05) is 23.7 Å². The van der Waals surface area contributed by atoms with Crippen molar-refractivity contribution in [2.45, 2.75) is 4.58 Å². The summed E-state index contributed by atoms with van der Waals surface area (Å²) < 4.78 is 11.7. The summed E-state index contributed by atoms with van der Waals surface area (Å²) in [4.78, 5) is 0. The lowest BCUT2D eigenvalue weighted by Gasteiger charge is -2.07. The van der Waals surface area contributed by atoms with Crippen LogP contribution >= 0.6 is 23.4 Å². The Kier molecular flexibility index (Phi) is 2.96. The lowest BCUT2D eigenvalue weighted by atomic mass is 10.2. The molecule has 1 aliphatic rings. The van der Waals surface area contributed by atoms with Crippen LogP contribution in [-0.4, -0.2) is 15.7 Å². The van der Waals surface area contributed by atoms with Gasteiger partial charge in [-0.3, -0.25) is 4.21 Å². The van der Waals surface area contributed by atoms with Crippen LogP contribution in [0.2, 0.25) is 5.02 Å². The van der Waals surface area contributed by atoms with E-state index in [9.17, 15) is 4.21 Å². The van der Waals surface area contributed by atoms with Crippen LogP contribution in [-0.2, 0) is 10.8 Å². The van der Waals surface area contributed by atoms with E-state index in [4.69, 9.17) is 11.6 Å². The van der Waals surface area contributed by atoms with E-state index in [1.165, 1.54) is 0 Å². The van der Waals surface area contributed by atoms with Crippen molar-refractivity contribution in [1.82, 2.24) is 0 Å². The molecule has 1 aromatic rings. The normalized spacial score (nSPS) is 27.8. The minimum absolute atomic E-state index is 0.164. The summed E-state index contributed by atoms with van der Waals surface area (Å²) in [6.07, 6.45) is 0. The molecule has 0 N–H and O–H groups in total. The van der Waals surface area contributed by atoms with E-state index in [0.29, 0.717) is 0 Å². The molecule has 1 heterocycles. The minimum Gasteiger partial charge on any atom is -0.258 e. The molecule has 70 valence electrons. The molecule has 0 amide bonds. The maximum Gasteiger partial charge on any atom is 0.105 e. The van der Waals surface area contributed by atoms with E-state index in [1.807, 2.05) is 24.3 Å². The second kappa shape index (κ2) is 4.03. The maximum atomic E-state index is 11.5. The Bertz CT molecular complexity index is 323. The predicted octanol–water partition coefficient (Wildman–Crippen LogP) is 2.83. The third-order valence-electron chi connectivity index (χ3n) is 1.93. The highest BCUT2D eigenvalue weighted by atomic mass is 35.5. The van der Waals surface area contributed by atoms with Gasteiger partial charge in [0.1, 0.15) is 4.58 Å². The summed E-state index contributed by atoms with van der Waals surface area (Å²) in [5, 5.41) is 0.734. The highest BCUT2D eigenvalue weighted by molar-refractivity contribution is 8.13. The summed E-state index contributed by atoms with van der Waals surface area (Å²) >= 11 is 7.54. The van der Waals surface area contributed by atoms with Crippen LogP contribution in [0.1, 0.15) is 10.1 Å². The van der Waals surface area contributed by atoms with Gasteiger partial charge in [0.2, 0.25) is 0 Å². The van der Waals surface area contributed by atoms with E-state index < -0.39 is 10.8 Å². The molecule has 1 unspecified atom stereocenters. The molecule has 13 heavy (non-hydrogen) atoms. The van der Waals surface area contributed by atoms with Gasteiger partial charge in [0, 0.05) is 27.3 Å². The molecule has 1 aliphatic heterocycles. The Morgan fingerprint density at radius 3 is 2.62 bits per heavy atom. The molecule has 0 aromatic heterocycles. The Morgan fingerprint density at radius 2 is 2.08 bits per heavy atom. The van der Waals surface area contributed by atoms with E-state index >= 15 is 0 Å². The molecular formula is C9H9ClOS2. The zero-order valence-electron chi connectivity index (χ0n) is 6.90. The molecular weight excluding hydrogens is 224 g/mol. The molecule has 2 atom stereocenters. The third kappa shape index (κ3) is 2.09. The number of benzene rings is 1. The van der Waals surface area contributed by atoms with E-state index in [2.05, 4.69) is 0 Å². The number of halogens is 1. The molecule has 0 aliphatic carbocycles. The fourth-order valence-electron chi connectivity index (χ4n) is 1.29. The second-order valence-corrected chi connectivity index (χ2v) is 6.43. The zero-order chi connectivity index (χ0) is 9.26. The van der Waals surface area contributed by atoms with Crippen molar-refractivity contribution in [3.63, 3.8) is 0 Å². The van der Waals surface area contributed by atoms with Crippen LogP contribution in [0.4, 0.5) is 0 Å². The predicted molar refractivity (Wildman–Crippen MR) is 59.7 cm³/mol. The van der Waals surface area contributed by atoms with Gasteiger partial charge < -0.3 is 0 Å². The fourth-order valence-corrected chi connectivity index (χ4v) is 4.88. The van der Waals surface area contributed by atoms with Crippen LogP contribution in [0.25, 0.3) is 0 Å². The Morgan fingerprint density at radius 1 is 1.38 bits per heavy atom. The summed E-state index contributed by atoms with van der Waals surface area (Å²) in [6, 6.07) is 7.63. The average molecular weight is 233 g/mol. The third-order valence-corrected chi connectivity index (χ3v) is 5.87. The van der Waals surface area contributed by atoms with Crippen molar-refractivity contribution in [2.75, 3.05) is 11.5 Å². The molecule has 0 bridgehead atoms. The molecule has 1 fully saturated rings. The van der Waals surface area contributed by atoms with Crippen molar-refractivity contribution < 1.29 is 4.21 Å². The van der Waals surface area contributed by atoms with Gasteiger partial charge in [-0.15, -0.1) is 11.8 Å². The number of rotatable bonds is 1. The first-order chi connectivity index (χ1) is 6.27. The van der Waals surface area contributed by atoms with Crippen molar-refractivity contribution in [3.8, 4) is 0 Å². The van der Waals surface area contributed by atoms with Crippen LogP contribution in [0.5, 0.6) is 0 Å². The smallest absolute Gasteiger partial charge is 0.105 e. The summed E-state index contributed by atoms with van der Waals surface area (Å²) in [5.41, 5.74) is 1.13. The lowest BCUT2D eigenvalue weighted by molar-refractivity contribution is 0.684. The summed E-state index contributed by atoms with van der Waals surface area (Å²) in [5.74, 6) is 1.82. The maximum absolute atomic E-state index is 11.5. The van der Waals surface area contributed by atoms with Crippen LogP contribution < -0.4 is 0 Å². The Hall–Kier alpha value is 0.01000. The van der Waals surface area contributed by atoms with Gasteiger partial charge in [0.25, 0.3) is 0 Å². The number of hydrogen-bond acceptors (Lipinski definition) is 2. The molecule has 0 radical (unpaired) electrons. The van der Waals surface area contributed by atoms with Gasteiger partial charge >= 0.3 is 0 Å². The topological polar surface area (TPSA) is 17.1 Å².